The second-order valence-electron chi connectivity index (χ2n) is 7.76. The highest BCUT2D eigenvalue weighted by Gasteiger charge is 2.82. The molecule has 3 atom stereocenters. The molecule has 0 bridgehead atoms. The highest BCUT2D eigenvalue weighted by Crippen LogP contribution is 2.77. The summed E-state index contributed by atoms with van der Waals surface area (Å²) in [7, 11) is 0. The summed E-state index contributed by atoms with van der Waals surface area (Å²) in [6.07, 6.45) is -3.83. The molecule has 0 amide bonds. The Morgan fingerprint density at radius 1 is 1.19 bits per heavy atom. The van der Waals surface area contributed by atoms with E-state index in [0.29, 0.717) is 0 Å². The van der Waals surface area contributed by atoms with Gasteiger partial charge < -0.3 is 9.84 Å². The van der Waals surface area contributed by atoms with Crippen LogP contribution in [0.25, 0.3) is 0 Å². The van der Waals surface area contributed by atoms with E-state index < -0.39 is 46.3 Å². The topological polar surface area (TPSA) is 59.4 Å². The first-order valence-corrected chi connectivity index (χ1v) is 9.80. The average Bonchev–Trinajstić information content (AvgIpc) is 3.11. The number of carboxylic acid groups (broad SMARTS) is 1. The largest absolute Gasteiger partial charge is 0.481 e. The zero-order valence-electron chi connectivity index (χ0n) is 16.3. The van der Waals surface area contributed by atoms with Crippen LogP contribution in [-0.4, -0.2) is 22.2 Å². The van der Waals surface area contributed by atoms with Crippen LogP contribution in [0.1, 0.15) is 25.5 Å². The molecular formula is C21H17Cl2F4NO3. The normalized spacial score (nSPS) is 23.0. The Bertz CT molecular complexity index is 1020. The maximum absolute atomic E-state index is 14.3. The zero-order valence-corrected chi connectivity index (χ0v) is 17.8. The first-order valence-electron chi connectivity index (χ1n) is 9.05. The second kappa shape index (κ2) is 7.98. The van der Waals surface area contributed by atoms with E-state index in [2.05, 4.69) is 4.98 Å². The number of halogens is 6. The number of hydrogen-bond donors (Lipinski definition) is 1. The van der Waals surface area contributed by atoms with Gasteiger partial charge in [0, 0.05) is 12.0 Å². The van der Waals surface area contributed by atoms with Crippen LogP contribution in [-0.2, 0) is 4.79 Å². The van der Waals surface area contributed by atoms with Crippen LogP contribution < -0.4 is 4.74 Å². The molecular weight excluding hydrogens is 461 g/mol. The van der Waals surface area contributed by atoms with Crippen LogP contribution in [0.3, 0.4) is 0 Å². The number of hydrogen-bond acceptors (Lipinski definition) is 3. The summed E-state index contributed by atoms with van der Waals surface area (Å²) in [5.74, 6) is -5.73. The minimum Gasteiger partial charge on any atom is -0.481 e. The molecule has 3 rings (SSSR count). The number of rotatable bonds is 6. The molecule has 1 fully saturated rings. The first kappa shape index (κ1) is 23.3. The third-order valence-electron chi connectivity index (χ3n) is 5.76. The van der Waals surface area contributed by atoms with Gasteiger partial charge >= 0.3 is 12.1 Å². The third-order valence-corrected chi connectivity index (χ3v) is 6.01. The molecule has 1 aliphatic rings. The van der Waals surface area contributed by atoms with E-state index in [9.17, 15) is 27.5 Å². The van der Waals surface area contributed by atoms with Gasteiger partial charge in [0.25, 0.3) is 0 Å². The van der Waals surface area contributed by atoms with Gasteiger partial charge in [0.15, 0.2) is 0 Å². The van der Waals surface area contributed by atoms with Gasteiger partial charge in [0.1, 0.15) is 22.0 Å². The Labute approximate surface area is 185 Å². The minimum absolute atomic E-state index is 0.157. The van der Waals surface area contributed by atoms with Crippen molar-refractivity contribution in [3.05, 3.63) is 64.5 Å². The van der Waals surface area contributed by atoms with E-state index >= 15 is 0 Å². The summed E-state index contributed by atoms with van der Waals surface area (Å²) in [4.78, 5) is 16.2. The smallest absolute Gasteiger partial charge is 0.398 e. The first-order chi connectivity index (χ1) is 14.3. The SMILES string of the molecule is CC1(C)C(C=C(Cl)Cl)[C@]1(C(=O)O)C(c1cccc(Oc2ccc(F)cc2)n1)C(F)(F)F. The summed E-state index contributed by atoms with van der Waals surface area (Å²) in [5.41, 5.74) is -4.12. The number of nitrogens with zero attached hydrogens (tertiary/aromatic N) is 1. The van der Waals surface area contributed by atoms with Crippen LogP contribution in [0.2, 0.25) is 0 Å². The summed E-state index contributed by atoms with van der Waals surface area (Å²) in [5, 5.41) is 9.94. The van der Waals surface area contributed by atoms with Crippen LogP contribution >= 0.6 is 23.2 Å². The standard InChI is InChI=1S/C21H17Cl2F4NO3/c1-19(2)14(10-15(22)23)20(19,18(29)30)17(21(25,26)27)13-4-3-5-16(28-13)31-12-8-6-11(24)7-9-12/h3-10,14,17H,1-2H3,(H,29,30)/t14?,17?,20-/m1/s1. The molecule has 10 heteroatoms. The molecule has 2 unspecified atom stereocenters. The molecule has 2 aromatic rings. The van der Waals surface area contributed by atoms with Crippen LogP contribution in [0.15, 0.2) is 53.0 Å². The van der Waals surface area contributed by atoms with E-state index in [1.165, 1.54) is 38.1 Å². The van der Waals surface area contributed by atoms with Crippen molar-refractivity contribution in [2.24, 2.45) is 16.7 Å². The van der Waals surface area contributed by atoms with E-state index in [4.69, 9.17) is 27.9 Å². The van der Waals surface area contributed by atoms with Gasteiger partial charge in [-0.15, -0.1) is 0 Å². The zero-order chi connectivity index (χ0) is 23.2. The molecule has 0 saturated heterocycles. The van der Waals surface area contributed by atoms with E-state index in [1.54, 1.807) is 0 Å². The van der Waals surface area contributed by atoms with Crippen molar-refractivity contribution in [1.29, 1.82) is 0 Å². The number of ether oxygens (including phenoxy) is 1. The molecule has 1 aromatic heterocycles. The van der Waals surface area contributed by atoms with Crippen LogP contribution in [0.4, 0.5) is 17.6 Å². The number of carboxylic acids is 1. The maximum atomic E-state index is 14.3. The Morgan fingerprint density at radius 2 is 1.81 bits per heavy atom. The highest BCUT2D eigenvalue weighted by molar-refractivity contribution is 6.55. The highest BCUT2D eigenvalue weighted by atomic mass is 35.5. The number of carbonyl (C=O) groups is 1. The number of pyridine rings is 1. The number of allylic oxidation sites excluding steroid dienone is 1. The molecule has 1 N–H and O–H groups in total. The summed E-state index contributed by atoms with van der Waals surface area (Å²) < 4.78 is 61.0. The second-order valence-corrected chi connectivity index (χ2v) is 8.77. The molecule has 1 heterocycles. The predicted octanol–water partition coefficient (Wildman–Crippen LogP) is 6.70. The Hall–Kier alpha value is -2.32. The van der Waals surface area contributed by atoms with Gasteiger partial charge in [0.2, 0.25) is 5.88 Å². The fraction of sp³-hybridized carbons (Fsp3) is 0.333. The van der Waals surface area contributed by atoms with Gasteiger partial charge in [-0.2, -0.15) is 13.2 Å². The monoisotopic (exact) mass is 477 g/mol. The van der Waals surface area contributed by atoms with Crippen molar-refractivity contribution < 1.29 is 32.2 Å². The van der Waals surface area contributed by atoms with E-state index in [-0.39, 0.29) is 16.1 Å². The quantitative estimate of drug-likeness (QED) is 0.470. The number of benzene rings is 1. The molecule has 4 nitrogen and oxygen atoms in total. The molecule has 31 heavy (non-hydrogen) atoms. The Balaban J connectivity index is 2.09. The van der Waals surface area contributed by atoms with Crippen molar-refractivity contribution in [1.82, 2.24) is 4.98 Å². The summed E-state index contributed by atoms with van der Waals surface area (Å²) in [6.45, 7) is 2.83. The number of aliphatic carboxylic acids is 1. The van der Waals surface area contributed by atoms with Gasteiger partial charge in [-0.1, -0.05) is 43.1 Å². The minimum atomic E-state index is -4.95. The molecule has 0 aliphatic heterocycles. The lowest BCUT2D eigenvalue weighted by molar-refractivity contribution is -0.184. The lowest BCUT2D eigenvalue weighted by atomic mass is 9.79. The Morgan fingerprint density at radius 3 is 2.32 bits per heavy atom. The molecule has 166 valence electrons. The summed E-state index contributed by atoms with van der Waals surface area (Å²) >= 11 is 11.3. The van der Waals surface area contributed by atoms with Gasteiger partial charge in [0.05, 0.1) is 11.1 Å². The number of aromatic nitrogens is 1. The lowest BCUT2D eigenvalue weighted by Crippen LogP contribution is -2.39. The lowest BCUT2D eigenvalue weighted by Gasteiger charge is -2.29. The van der Waals surface area contributed by atoms with E-state index in [0.717, 1.165) is 24.3 Å². The van der Waals surface area contributed by atoms with Crippen LogP contribution in [0, 0.1) is 22.6 Å². The van der Waals surface area contributed by atoms with Gasteiger partial charge in [-0.05, 0) is 41.8 Å². The third kappa shape index (κ3) is 4.11. The van der Waals surface area contributed by atoms with E-state index in [1.807, 2.05) is 0 Å². The van der Waals surface area contributed by atoms with Crippen molar-refractivity contribution in [3.8, 4) is 11.6 Å². The fourth-order valence-corrected chi connectivity index (χ4v) is 4.57. The maximum Gasteiger partial charge on any atom is 0.398 e. The fourth-order valence-electron chi connectivity index (χ4n) is 4.32. The molecule has 1 saturated carbocycles. The van der Waals surface area contributed by atoms with Crippen molar-refractivity contribution in [3.63, 3.8) is 0 Å². The number of alkyl halides is 3. The molecule has 0 radical (unpaired) electrons. The Kier molecular flexibility index (Phi) is 6.01. The van der Waals surface area contributed by atoms with Crippen LogP contribution in [0.5, 0.6) is 11.6 Å². The average molecular weight is 478 g/mol. The summed E-state index contributed by atoms with van der Waals surface area (Å²) in [6, 6.07) is 8.52. The van der Waals surface area contributed by atoms with Crippen molar-refractivity contribution in [2.45, 2.75) is 25.9 Å². The molecule has 1 aliphatic carbocycles. The van der Waals surface area contributed by atoms with Crippen molar-refractivity contribution in [2.75, 3.05) is 0 Å². The predicted molar refractivity (Wildman–Crippen MR) is 107 cm³/mol. The van der Waals surface area contributed by atoms with Gasteiger partial charge in [-0.3, -0.25) is 4.79 Å². The van der Waals surface area contributed by atoms with Crippen molar-refractivity contribution >= 4 is 29.2 Å². The molecule has 0 spiro atoms. The molecule has 1 aromatic carbocycles. The van der Waals surface area contributed by atoms with Gasteiger partial charge in [-0.25, -0.2) is 9.37 Å².